The molecule has 2 unspecified atom stereocenters. The van der Waals surface area contributed by atoms with Crippen LogP contribution in [0.15, 0.2) is 29.3 Å². The summed E-state index contributed by atoms with van der Waals surface area (Å²) in [5.41, 5.74) is 2.51. The van der Waals surface area contributed by atoms with Crippen molar-refractivity contribution in [2.24, 2.45) is 4.99 Å². The molecule has 2 atom stereocenters. The monoisotopic (exact) mass is 501 g/mol. The highest BCUT2D eigenvalue weighted by Gasteiger charge is 2.15. The molecule has 0 radical (unpaired) electrons. The molecule has 0 aromatic heterocycles. The van der Waals surface area contributed by atoms with Crippen LogP contribution >= 0.6 is 24.0 Å². The maximum absolute atomic E-state index is 11.9. The lowest BCUT2D eigenvalue weighted by Gasteiger charge is -2.23. The van der Waals surface area contributed by atoms with Crippen molar-refractivity contribution >= 4 is 41.5 Å². The van der Waals surface area contributed by atoms with Gasteiger partial charge in [-0.1, -0.05) is 19.1 Å². The third-order valence-corrected chi connectivity index (χ3v) is 5.06. The molecule has 28 heavy (non-hydrogen) atoms. The minimum Gasteiger partial charge on any atom is -0.372 e. The summed E-state index contributed by atoms with van der Waals surface area (Å²) in [5, 5.41) is 6.85. The van der Waals surface area contributed by atoms with Crippen molar-refractivity contribution in [2.75, 3.05) is 38.6 Å². The van der Waals surface area contributed by atoms with E-state index in [1.807, 2.05) is 0 Å². The van der Waals surface area contributed by atoms with Gasteiger partial charge in [0, 0.05) is 38.9 Å². The second kappa shape index (κ2) is 12.1. The highest BCUT2D eigenvalue weighted by atomic mass is 127. The molecule has 1 aromatic carbocycles. The van der Waals surface area contributed by atoms with Crippen molar-refractivity contribution in [2.45, 2.75) is 52.1 Å². The molecule has 0 aliphatic carbocycles. The lowest BCUT2D eigenvalue weighted by Crippen LogP contribution is -2.43. The fraction of sp³-hybridized carbons (Fsp3) is 0.619. The molecule has 1 aliphatic heterocycles. The Balaban J connectivity index is 0.00000392. The molecule has 2 N–H and O–H groups in total. The number of amides is 1. The smallest absolute Gasteiger partial charge is 0.243 e. The van der Waals surface area contributed by atoms with Crippen LogP contribution < -0.4 is 15.5 Å². The Morgan fingerprint density at radius 1 is 1.21 bits per heavy atom. The minimum absolute atomic E-state index is 0. The van der Waals surface area contributed by atoms with E-state index in [0.29, 0.717) is 5.96 Å². The maximum Gasteiger partial charge on any atom is 0.243 e. The Labute approximate surface area is 187 Å². The summed E-state index contributed by atoms with van der Waals surface area (Å²) >= 11 is 0. The number of benzene rings is 1. The summed E-state index contributed by atoms with van der Waals surface area (Å²) in [4.78, 5) is 20.4. The van der Waals surface area contributed by atoms with Gasteiger partial charge in [0.05, 0.1) is 6.04 Å². The van der Waals surface area contributed by atoms with Crippen LogP contribution in [-0.2, 0) is 4.79 Å². The number of hydrogen-bond donors (Lipinski definition) is 2. The lowest BCUT2D eigenvalue weighted by atomic mass is 10.1. The van der Waals surface area contributed by atoms with Crippen LogP contribution in [0.2, 0.25) is 0 Å². The number of halogens is 1. The predicted molar refractivity (Wildman–Crippen MR) is 129 cm³/mol. The van der Waals surface area contributed by atoms with Crippen LogP contribution in [-0.4, -0.2) is 56.5 Å². The van der Waals surface area contributed by atoms with Crippen molar-refractivity contribution in [1.82, 2.24) is 15.5 Å². The van der Waals surface area contributed by atoms with Crippen LogP contribution in [0.1, 0.15) is 51.6 Å². The molecule has 1 saturated heterocycles. The Morgan fingerprint density at radius 2 is 1.89 bits per heavy atom. The SMILES string of the molecule is CCC(C)NC(=NCC(=O)N(C)C)NC(C)c1cccc(N2CCCC2)c1.I. The standard InChI is InChI=1S/C21H35N5O.HI/c1-6-16(2)23-21(22-15-20(27)25(4)5)24-17(3)18-10-9-11-19(14-18)26-12-7-8-13-26;/h9-11,14,16-17H,6-8,12-13,15H2,1-5H3,(H2,22,23,24);1H. The second-order valence-electron chi connectivity index (χ2n) is 7.56. The summed E-state index contributed by atoms with van der Waals surface area (Å²) in [7, 11) is 3.50. The molecule has 0 spiro atoms. The third kappa shape index (κ3) is 7.48. The van der Waals surface area contributed by atoms with Gasteiger partial charge < -0.3 is 20.4 Å². The van der Waals surface area contributed by atoms with E-state index in [9.17, 15) is 4.79 Å². The van der Waals surface area contributed by atoms with E-state index in [0.717, 1.165) is 19.5 Å². The molecule has 6 nitrogen and oxygen atoms in total. The highest BCUT2D eigenvalue weighted by Crippen LogP contribution is 2.23. The summed E-state index contributed by atoms with van der Waals surface area (Å²) in [5.74, 6) is 0.669. The lowest BCUT2D eigenvalue weighted by molar-refractivity contribution is -0.127. The first kappa shape index (κ1) is 24.5. The normalized spacial score (nSPS) is 16.2. The topological polar surface area (TPSA) is 60.0 Å². The van der Waals surface area contributed by atoms with Crippen molar-refractivity contribution in [3.8, 4) is 0 Å². The van der Waals surface area contributed by atoms with E-state index in [1.54, 1.807) is 19.0 Å². The van der Waals surface area contributed by atoms with Crippen molar-refractivity contribution in [1.29, 1.82) is 0 Å². The van der Waals surface area contributed by atoms with Gasteiger partial charge in [-0.15, -0.1) is 24.0 Å². The summed E-state index contributed by atoms with van der Waals surface area (Å²) in [6.45, 7) is 8.79. The number of carbonyl (C=O) groups is 1. The van der Waals surface area contributed by atoms with E-state index >= 15 is 0 Å². The third-order valence-electron chi connectivity index (χ3n) is 5.06. The zero-order chi connectivity index (χ0) is 19.8. The van der Waals surface area contributed by atoms with Gasteiger partial charge in [-0.2, -0.15) is 0 Å². The molecular formula is C21H36IN5O. The first-order valence-corrected chi connectivity index (χ1v) is 10.0. The molecule has 7 heteroatoms. The molecule has 1 aromatic rings. The van der Waals surface area contributed by atoms with Gasteiger partial charge in [0.15, 0.2) is 5.96 Å². The van der Waals surface area contributed by atoms with Crippen molar-refractivity contribution < 1.29 is 4.79 Å². The molecular weight excluding hydrogens is 465 g/mol. The maximum atomic E-state index is 11.9. The van der Waals surface area contributed by atoms with Crippen LogP contribution in [0, 0.1) is 0 Å². The summed E-state index contributed by atoms with van der Waals surface area (Å²) < 4.78 is 0. The highest BCUT2D eigenvalue weighted by molar-refractivity contribution is 14.0. The quantitative estimate of drug-likeness (QED) is 0.342. The molecule has 1 aliphatic rings. The van der Waals surface area contributed by atoms with E-state index in [1.165, 1.54) is 24.1 Å². The van der Waals surface area contributed by atoms with E-state index < -0.39 is 0 Å². The van der Waals surface area contributed by atoms with Crippen LogP contribution in [0.3, 0.4) is 0 Å². The Kier molecular flexibility index (Phi) is 10.6. The summed E-state index contributed by atoms with van der Waals surface area (Å²) in [6.07, 6.45) is 3.53. The number of anilines is 1. The van der Waals surface area contributed by atoms with Gasteiger partial charge in [0.2, 0.25) is 5.91 Å². The number of rotatable bonds is 7. The number of aliphatic imine (C=N–C) groups is 1. The predicted octanol–water partition coefficient (Wildman–Crippen LogP) is 3.39. The minimum atomic E-state index is -0.0102. The molecule has 2 rings (SSSR count). The molecule has 0 bridgehead atoms. The zero-order valence-corrected chi connectivity index (χ0v) is 20.2. The second-order valence-corrected chi connectivity index (χ2v) is 7.56. The van der Waals surface area contributed by atoms with Gasteiger partial charge in [-0.25, -0.2) is 4.99 Å². The van der Waals surface area contributed by atoms with E-state index in [-0.39, 0.29) is 48.5 Å². The first-order valence-electron chi connectivity index (χ1n) is 10.0. The molecule has 1 heterocycles. The average Bonchev–Trinajstić information content (AvgIpc) is 3.20. The number of likely N-dealkylation sites (N-methyl/N-ethyl adjacent to an activating group) is 1. The van der Waals surface area contributed by atoms with Crippen molar-refractivity contribution in [3.05, 3.63) is 29.8 Å². The van der Waals surface area contributed by atoms with Gasteiger partial charge in [0.25, 0.3) is 0 Å². The van der Waals surface area contributed by atoms with Crippen molar-refractivity contribution in [3.63, 3.8) is 0 Å². The average molecular weight is 501 g/mol. The Bertz CT molecular complexity index is 643. The Hall–Kier alpha value is -1.51. The largest absolute Gasteiger partial charge is 0.372 e. The number of carbonyl (C=O) groups excluding carboxylic acids is 1. The van der Waals surface area contributed by atoms with E-state index in [2.05, 4.69) is 65.6 Å². The fourth-order valence-electron chi connectivity index (χ4n) is 3.01. The van der Waals surface area contributed by atoms with Crippen LogP contribution in [0.4, 0.5) is 5.69 Å². The molecule has 0 saturated carbocycles. The van der Waals surface area contributed by atoms with Gasteiger partial charge in [-0.05, 0) is 50.8 Å². The fourth-order valence-corrected chi connectivity index (χ4v) is 3.01. The summed E-state index contributed by atoms with van der Waals surface area (Å²) in [6, 6.07) is 9.09. The van der Waals surface area contributed by atoms with Crippen LogP contribution in [0.5, 0.6) is 0 Å². The Morgan fingerprint density at radius 3 is 2.50 bits per heavy atom. The van der Waals surface area contributed by atoms with Gasteiger partial charge in [-0.3, -0.25) is 4.79 Å². The van der Waals surface area contributed by atoms with Gasteiger partial charge >= 0.3 is 0 Å². The number of nitrogens with one attached hydrogen (secondary N) is 2. The number of nitrogens with zero attached hydrogens (tertiary/aromatic N) is 3. The van der Waals surface area contributed by atoms with Gasteiger partial charge in [0.1, 0.15) is 6.54 Å². The molecule has 1 fully saturated rings. The van der Waals surface area contributed by atoms with Crippen LogP contribution in [0.25, 0.3) is 0 Å². The number of hydrogen-bond acceptors (Lipinski definition) is 3. The first-order chi connectivity index (χ1) is 12.9. The number of guanidine groups is 1. The zero-order valence-electron chi connectivity index (χ0n) is 17.9. The molecule has 158 valence electrons. The van der Waals surface area contributed by atoms with E-state index in [4.69, 9.17) is 0 Å². The molecule has 1 amide bonds.